The normalized spacial score (nSPS) is 11.4. The molecule has 1 heterocycles. The molecule has 8 nitrogen and oxygen atoms in total. The summed E-state index contributed by atoms with van der Waals surface area (Å²) in [7, 11) is 0. The van der Waals surface area contributed by atoms with Crippen LogP contribution >= 0.6 is 0 Å². The first-order valence-electron chi connectivity index (χ1n) is 11.8. The Labute approximate surface area is 210 Å². The lowest BCUT2D eigenvalue weighted by molar-refractivity contribution is 0.0991. The summed E-state index contributed by atoms with van der Waals surface area (Å²) in [6.07, 6.45) is 4.37. The number of hydrogen-bond acceptors (Lipinski definition) is 4. The number of carbonyl (C=O) groups excluding carboxylic acids is 1. The van der Waals surface area contributed by atoms with E-state index >= 15 is 0 Å². The van der Waals surface area contributed by atoms with Gasteiger partial charge in [-0.05, 0) is 46.4 Å². The number of carbonyl (C=O) groups is 1. The van der Waals surface area contributed by atoms with E-state index in [4.69, 9.17) is 17.0 Å². The molecule has 0 aliphatic heterocycles. The van der Waals surface area contributed by atoms with Crippen molar-refractivity contribution in [3.05, 3.63) is 102 Å². The molecule has 0 saturated heterocycles. The molecule has 0 radical (unpaired) electrons. The number of nitrogens with zero attached hydrogens (tertiary/aromatic N) is 4. The first kappa shape index (κ1) is 24.5. The largest absolute Gasteiger partial charge is 0.382 e. The van der Waals surface area contributed by atoms with Gasteiger partial charge in [0.2, 0.25) is 0 Å². The molecular weight excluding hydrogens is 450 g/mol. The van der Waals surface area contributed by atoms with E-state index in [1.54, 1.807) is 6.20 Å². The van der Waals surface area contributed by atoms with E-state index < -0.39 is 5.91 Å². The minimum Gasteiger partial charge on any atom is -0.382 e. The first-order valence-corrected chi connectivity index (χ1v) is 11.8. The summed E-state index contributed by atoms with van der Waals surface area (Å²) in [6, 6.07) is 24.1. The van der Waals surface area contributed by atoms with Crippen LogP contribution in [0.15, 0.2) is 89.3 Å². The smallest absolute Gasteiger partial charge is 0.266 e. The topological polar surface area (TPSA) is 136 Å². The molecule has 0 fully saturated rings. The molecule has 1 aromatic heterocycles. The van der Waals surface area contributed by atoms with Crippen LogP contribution in [0.2, 0.25) is 0 Å². The fourth-order valence-electron chi connectivity index (χ4n) is 4.22. The van der Waals surface area contributed by atoms with Crippen molar-refractivity contribution in [1.29, 1.82) is 5.53 Å². The Morgan fingerprint density at radius 3 is 2.36 bits per heavy atom. The van der Waals surface area contributed by atoms with Crippen molar-refractivity contribution in [3.63, 3.8) is 0 Å². The quantitative estimate of drug-likeness (QED) is 0.122. The van der Waals surface area contributed by atoms with Crippen LogP contribution in [0.25, 0.3) is 22.3 Å². The highest BCUT2D eigenvalue weighted by molar-refractivity contribution is 6.04. The summed E-state index contributed by atoms with van der Waals surface area (Å²) in [5.74, 6) is 0.545. The molecule has 0 atom stereocenters. The molecular formula is C28H29N7O. The lowest BCUT2D eigenvalue weighted by atomic mass is 9.93. The van der Waals surface area contributed by atoms with Crippen LogP contribution in [0, 0.1) is 5.53 Å². The predicted molar refractivity (Wildman–Crippen MR) is 142 cm³/mol. The Hall–Kier alpha value is -4.59. The summed E-state index contributed by atoms with van der Waals surface area (Å²) >= 11 is 0. The molecule has 36 heavy (non-hydrogen) atoms. The summed E-state index contributed by atoms with van der Waals surface area (Å²) < 4.78 is 1.90. The highest BCUT2D eigenvalue weighted by Crippen LogP contribution is 2.30. The highest BCUT2D eigenvalue weighted by Gasteiger charge is 2.15. The number of unbranched alkanes of at least 4 members (excludes halogenated alkanes) is 1. The lowest BCUT2D eigenvalue weighted by Crippen LogP contribution is -2.18. The number of amidine groups is 1. The Balaban J connectivity index is 1.70. The summed E-state index contributed by atoms with van der Waals surface area (Å²) in [4.78, 5) is 16.4. The summed E-state index contributed by atoms with van der Waals surface area (Å²) in [6.45, 7) is 2.62. The molecule has 182 valence electrons. The third kappa shape index (κ3) is 5.38. The third-order valence-corrected chi connectivity index (χ3v) is 6.11. The van der Waals surface area contributed by atoms with Gasteiger partial charge >= 0.3 is 0 Å². The van der Waals surface area contributed by atoms with Gasteiger partial charge in [-0.3, -0.25) is 4.79 Å². The van der Waals surface area contributed by atoms with Crippen LogP contribution in [0.1, 0.15) is 47.2 Å². The Morgan fingerprint density at radius 1 is 0.972 bits per heavy atom. The molecule has 0 aliphatic rings. The number of aromatic nitrogens is 2. The number of imidazole rings is 1. The lowest BCUT2D eigenvalue weighted by Gasteiger charge is -2.14. The summed E-state index contributed by atoms with van der Waals surface area (Å²) in [5.41, 5.74) is 24.9. The number of nitrogens with one attached hydrogen (secondary N) is 1. The number of hydrogen-bond donors (Lipinski definition) is 3. The van der Waals surface area contributed by atoms with E-state index in [2.05, 4.69) is 40.4 Å². The zero-order valence-electron chi connectivity index (χ0n) is 20.2. The number of amides is 1. The second-order valence-electron chi connectivity index (χ2n) is 8.52. The number of nitrogens with two attached hydrogens (primary N) is 2. The fraction of sp³-hybridized carbons (Fsp3) is 0.179. The molecule has 0 bridgehead atoms. The zero-order valence-corrected chi connectivity index (χ0v) is 20.2. The fourth-order valence-corrected chi connectivity index (χ4v) is 4.22. The van der Waals surface area contributed by atoms with Crippen LogP contribution in [0.3, 0.4) is 0 Å². The highest BCUT2D eigenvalue weighted by atomic mass is 16.1. The van der Waals surface area contributed by atoms with E-state index in [0.29, 0.717) is 17.8 Å². The van der Waals surface area contributed by atoms with Gasteiger partial charge in [0.05, 0.1) is 6.20 Å². The van der Waals surface area contributed by atoms with Gasteiger partial charge in [-0.25, -0.2) is 4.98 Å². The van der Waals surface area contributed by atoms with E-state index in [1.807, 2.05) is 59.2 Å². The predicted octanol–water partition coefficient (Wildman–Crippen LogP) is 5.36. The SMILES string of the molecule is CCCCc1ncc(C(N)=O)n1Cc1ccc(-c2cc(-c3ccccc3)ccc2C(N)=NN=N)cc1. The molecule has 8 heteroatoms. The second-order valence-corrected chi connectivity index (χ2v) is 8.52. The van der Waals surface area contributed by atoms with Crippen molar-refractivity contribution in [2.24, 2.45) is 21.8 Å². The van der Waals surface area contributed by atoms with Gasteiger partial charge in [0, 0.05) is 18.5 Å². The standard InChI is InChI=1S/C28H29N7O/c1-2-3-9-26-32-17-25(28(30)36)35(26)18-19-10-12-21(13-11-19)24-16-22(20-7-5-4-6-8-20)14-15-23(24)27(29)33-34-31/h4-8,10-17H,2-3,9,18H2,1H3,(H2,30,36)(H3,29,31,33). The molecule has 0 unspecified atom stereocenters. The Bertz CT molecular complexity index is 1390. The van der Waals surface area contributed by atoms with Crippen LogP contribution < -0.4 is 11.5 Å². The van der Waals surface area contributed by atoms with E-state index in [-0.39, 0.29) is 5.84 Å². The number of aryl methyl sites for hydroxylation is 1. The minimum absolute atomic E-state index is 0.175. The van der Waals surface area contributed by atoms with E-state index in [0.717, 1.165) is 52.9 Å². The maximum Gasteiger partial charge on any atom is 0.266 e. The first-order chi connectivity index (χ1) is 17.5. The molecule has 1 amide bonds. The van der Waals surface area contributed by atoms with Crippen LogP contribution in [-0.2, 0) is 13.0 Å². The number of benzene rings is 3. The molecule has 0 saturated carbocycles. The van der Waals surface area contributed by atoms with Gasteiger partial charge in [-0.2, -0.15) is 5.53 Å². The van der Waals surface area contributed by atoms with Crippen molar-refractivity contribution in [3.8, 4) is 22.3 Å². The van der Waals surface area contributed by atoms with Crippen LogP contribution in [0.4, 0.5) is 0 Å². The molecule has 0 aliphatic carbocycles. The van der Waals surface area contributed by atoms with E-state index in [9.17, 15) is 4.79 Å². The van der Waals surface area contributed by atoms with Gasteiger partial charge < -0.3 is 16.0 Å². The van der Waals surface area contributed by atoms with Gasteiger partial charge in [-0.1, -0.05) is 79.2 Å². The molecule has 5 N–H and O–H groups in total. The van der Waals surface area contributed by atoms with E-state index in [1.165, 1.54) is 0 Å². The van der Waals surface area contributed by atoms with Gasteiger partial charge in [-0.15, -0.1) is 5.10 Å². The minimum atomic E-state index is -0.487. The summed E-state index contributed by atoms with van der Waals surface area (Å²) in [5, 5.41) is 6.84. The Morgan fingerprint density at radius 2 is 1.69 bits per heavy atom. The zero-order chi connectivity index (χ0) is 25.5. The van der Waals surface area contributed by atoms with Crippen molar-refractivity contribution < 1.29 is 4.79 Å². The van der Waals surface area contributed by atoms with Gasteiger partial charge in [0.1, 0.15) is 11.5 Å². The van der Waals surface area contributed by atoms with Crippen molar-refractivity contribution in [2.75, 3.05) is 0 Å². The molecule has 3 aromatic carbocycles. The van der Waals surface area contributed by atoms with Crippen molar-refractivity contribution in [1.82, 2.24) is 9.55 Å². The number of rotatable bonds is 10. The molecule has 4 aromatic rings. The molecule has 4 rings (SSSR count). The van der Waals surface area contributed by atoms with Crippen LogP contribution in [-0.4, -0.2) is 21.3 Å². The number of primary amides is 1. The monoisotopic (exact) mass is 479 g/mol. The van der Waals surface area contributed by atoms with Crippen molar-refractivity contribution >= 4 is 11.7 Å². The third-order valence-electron chi connectivity index (χ3n) is 6.11. The second kappa shape index (κ2) is 11.2. The maximum atomic E-state index is 12.0. The molecule has 0 spiro atoms. The Kier molecular flexibility index (Phi) is 7.65. The maximum absolute atomic E-state index is 12.0. The average molecular weight is 480 g/mol. The average Bonchev–Trinajstić information content (AvgIpc) is 3.30. The van der Waals surface area contributed by atoms with Gasteiger partial charge in [0.15, 0.2) is 5.84 Å². The van der Waals surface area contributed by atoms with Crippen LogP contribution in [0.5, 0.6) is 0 Å². The van der Waals surface area contributed by atoms with Gasteiger partial charge in [0.25, 0.3) is 5.91 Å². The van der Waals surface area contributed by atoms with Crippen molar-refractivity contribution in [2.45, 2.75) is 32.7 Å².